The van der Waals surface area contributed by atoms with Crippen LogP contribution in [-0.2, 0) is 0 Å². The summed E-state index contributed by atoms with van der Waals surface area (Å²) in [5, 5.41) is 15.0. The van der Waals surface area contributed by atoms with Crippen LogP contribution in [-0.4, -0.2) is 24.1 Å². The predicted molar refractivity (Wildman–Crippen MR) is 60.6 cm³/mol. The van der Waals surface area contributed by atoms with Crippen LogP contribution in [0.25, 0.3) is 0 Å². The normalized spacial score (nSPS) is 10.0. The molecule has 0 fully saturated rings. The van der Waals surface area contributed by atoms with Gasteiger partial charge in [-0.05, 0) is 12.1 Å². The molecule has 4 nitrogen and oxygen atoms in total. The van der Waals surface area contributed by atoms with Crippen molar-refractivity contribution in [3.63, 3.8) is 0 Å². The Kier molecular flexibility index (Phi) is 4.58. The second kappa shape index (κ2) is 5.99. The lowest BCUT2D eigenvalue weighted by atomic mass is 10.3. The van der Waals surface area contributed by atoms with Crippen LogP contribution in [0.2, 0.25) is 0 Å². The predicted octanol–water partition coefficient (Wildman–Crippen LogP) is 1.36. The molecule has 2 N–H and O–H groups in total. The molecule has 0 radical (unpaired) electrons. The molecule has 80 valence electrons. The van der Waals surface area contributed by atoms with Crippen LogP contribution in [0.15, 0.2) is 18.3 Å². The zero-order chi connectivity index (χ0) is 11.1. The van der Waals surface area contributed by atoms with Crippen molar-refractivity contribution in [1.82, 2.24) is 10.3 Å². The summed E-state index contributed by atoms with van der Waals surface area (Å²) in [7, 11) is 0. The first kappa shape index (κ1) is 11.5. The van der Waals surface area contributed by atoms with E-state index in [1.165, 1.54) is 0 Å². The molecule has 1 rings (SSSR count). The Labute approximate surface area is 90.3 Å². The molecule has 4 heteroatoms. The van der Waals surface area contributed by atoms with Crippen molar-refractivity contribution >= 4 is 5.82 Å². The molecule has 1 heterocycles. The van der Waals surface area contributed by atoms with Crippen LogP contribution in [0.4, 0.5) is 5.82 Å². The summed E-state index contributed by atoms with van der Waals surface area (Å²) in [6.07, 6.45) is 1.57. The highest BCUT2D eigenvalue weighted by Crippen LogP contribution is 2.02. The molecule has 0 aliphatic heterocycles. The van der Waals surface area contributed by atoms with Gasteiger partial charge in [0.1, 0.15) is 11.9 Å². The molecule has 0 unspecified atom stereocenters. The molecule has 15 heavy (non-hydrogen) atoms. The van der Waals surface area contributed by atoms with Gasteiger partial charge in [-0.15, -0.1) is 0 Å². The zero-order valence-corrected chi connectivity index (χ0v) is 9.12. The van der Waals surface area contributed by atoms with Gasteiger partial charge < -0.3 is 10.6 Å². The monoisotopic (exact) mass is 204 g/mol. The number of rotatable bonds is 5. The number of hydrogen-bond donors (Lipinski definition) is 2. The van der Waals surface area contributed by atoms with Gasteiger partial charge in [-0.2, -0.15) is 5.26 Å². The fourth-order valence-corrected chi connectivity index (χ4v) is 1.12. The van der Waals surface area contributed by atoms with Crippen molar-refractivity contribution in [2.75, 3.05) is 18.4 Å². The van der Waals surface area contributed by atoms with E-state index in [1.54, 1.807) is 12.3 Å². The molecular formula is C11H16N4. The van der Waals surface area contributed by atoms with E-state index in [-0.39, 0.29) is 0 Å². The average Bonchev–Trinajstić information content (AvgIpc) is 2.25. The smallest absolute Gasteiger partial charge is 0.126 e. The molecule has 0 aliphatic carbocycles. The van der Waals surface area contributed by atoms with E-state index < -0.39 is 0 Å². The van der Waals surface area contributed by atoms with Crippen molar-refractivity contribution in [3.05, 3.63) is 23.9 Å². The Balaban J connectivity index is 2.29. The molecule has 0 aromatic carbocycles. The second-order valence-electron chi connectivity index (χ2n) is 3.58. The summed E-state index contributed by atoms with van der Waals surface area (Å²) >= 11 is 0. The molecular weight excluding hydrogens is 188 g/mol. The van der Waals surface area contributed by atoms with Gasteiger partial charge in [0.25, 0.3) is 0 Å². The number of pyridine rings is 1. The van der Waals surface area contributed by atoms with Crippen LogP contribution >= 0.6 is 0 Å². The van der Waals surface area contributed by atoms with Gasteiger partial charge in [0, 0.05) is 25.3 Å². The third-order valence-electron chi connectivity index (χ3n) is 1.88. The van der Waals surface area contributed by atoms with E-state index in [0.29, 0.717) is 11.6 Å². The number of nitriles is 1. The van der Waals surface area contributed by atoms with Crippen LogP contribution < -0.4 is 10.6 Å². The maximum Gasteiger partial charge on any atom is 0.126 e. The van der Waals surface area contributed by atoms with Gasteiger partial charge in [-0.25, -0.2) is 4.98 Å². The van der Waals surface area contributed by atoms with E-state index in [2.05, 4.69) is 29.5 Å². The first-order valence-corrected chi connectivity index (χ1v) is 5.06. The Hall–Kier alpha value is -1.60. The van der Waals surface area contributed by atoms with Crippen molar-refractivity contribution in [2.24, 2.45) is 0 Å². The van der Waals surface area contributed by atoms with Crippen molar-refractivity contribution in [1.29, 1.82) is 5.26 Å². The van der Waals surface area contributed by atoms with E-state index >= 15 is 0 Å². The van der Waals surface area contributed by atoms with Gasteiger partial charge >= 0.3 is 0 Å². The summed E-state index contributed by atoms with van der Waals surface area (Å²) in [5.74, 6) is 0.805. The molecule has 1 aromatic rings. The first-order valence-electron chi connectivity index (χ1n) is 5.06. The van der Waals surface area contributed by atoms with Gasteiger partial charge in [0.05, 0.1) is 5.56 Å². The molecule has 0 spiro atoms. The first-order chi connectivity index (χ1) is 7.22. The fraction of sp³-hybridized carbons (Fsp3) is 0.455. The number of hydrogen-bond acceptors (Lipinski definition) is 4. The second-order valence-corrected chi connectivity index (χ2v) is 3.58. The Bertz CT molecular complexity index is 323. The number of anilines is 1. The Morgan fingerprint density at radius 3 is 2.73 bits per heavy atom. The topological polar surface area (TPSA) is 60.7 Å². The van der Waals surface area contributed by atoms with Gasteiger partial charge in [-0.1, -0.05) is 13.8 Å². The molecule has 1 aromatic heterocycles. The van der Waals surface area contributed by atoms with Crippen LogP contribution in [0, 0.1) is 11.3 Å². The van der Waals surface area contributed by atoms with Crippen LogP contribution in [0.5, 0.6) is 0 Å². The molecule has 0 atom stereocenters. The molecule has 0 bridgehead atoms. The minimum absolute atomic E-state index is 0.501. The quantitative estimate of drug-likeness (QED) is 0.711. The van der Waals surface area contributed by atoms with E-state index in [0.717, 1.165) is 18.9 Å². The Morgan fingerprint density at radius 1 is 1.40 bits per heavy atom. The van der Waals surface area contributed by atoms with Gasteiger partial charge in [0.2, 0.25) is 0 Å². The SMILES string of the molecule is CC(C)NCCNc1ccc(C#N)cn1. The van der Waals surface area contributed by atoms with Crippen LogP contribution in [0.1, 0.15) is 19.4 Å². The van der Waals surface area contributed by atoms with Gasteiger partial charge in [-0.3, -0.25) is 0 Å². The maximum atomic E-state index is 8.58. The number of aromatic nitrogens is 1. The average molecular weight is 204 g/mol. The van der Waals surface area contributed by atoms with E-state index in [4.69, 9.17) is 5.26 Å². The van der Waals surface area contributed by atoms with Crippen molar-refractivity contribution in [2.45, 2.75) is 19.9 Å². The summed E-state index contributed by atoms with van der Waals surface area (Å²) in [5.41, 5.74) is 0.584. The minimum atomic E-state index is 0.501. The van der Waals surface area contributed by atoms with Gasteiger partial charge in [0.15, 0.2) is 0 Å². The number of nitrogens with one attached hydrogen (secondary N) is 2. The zero-order valence-electron chi connectivity index (χ0n) is 9.12. The molecule has 0 saturated carbocycles. The third-order valence-corrected chi connectivity index (χ3v) is 1.88. The highest BCUT2D eigenvalue weighted by molar-refractivity contribution is 5.38. The molecule has 0 aliphatic rings. The maximum absolute atomic E-state index is 8.58. The standard InChI is InChI=1S/C11H16N4/c1-9(2)13-5-6-14-11-4-3-10(7-12)8-15-11/h3-4,8-9,13H,5-6H2,1-2H3,(H,14,15). The highest BCUT2D eigenvalue weighted by Gasteiger charge is 1.95. The number of nitrogens with zero attached hydrogens (tertiary/aromatic N) is 2. The van der Waals surface area contributed by atoms with E-state index in [9.17, 15) is 0 Å². The lowest BCUT2D eigenvalue weighted by Crippen LogP contribution is -2.28. The summed E-state index contributed by atoms with van der Waals surface area (Å²) in [6, 6.07) is 6.10. The lowest BCUT2D eigenvalue weighted by Gasteiger charge is -2.09. The third kappa shape index (κ3) is 4.43. The Morgan fingerprint density at radius 2 is 2.20 bits per heavy atom. The van der Waals surface area contributed by atoms with Crippen LogP contribution in [0.3, 0.4) is 0 Å². The summed E-state index contributed by atoms with van der Waals surface area (Å²) < 4.78 is 0. The van der Waals surface area contributed by atoms with Crippen molar-refractivity contribution in [3.8, 4) is 6.07 Å². The largest absolute Gasteiger partial charge is 0.369 e. The summed E-state index contributed by atoms with van der Waals surface area (Å²) in [4.78, 5) is 4.10. The van der Waals surface area contributed by atoms with E-state index in [1.807, 2.05) is 12.1 Å². The lowest BCUT2D eigenvalue weighted by molar-refractivity contribution is 0.602. The highest BCUT2D eigenvalue weighted by atomic mass is 15.0. The minimum Gasteiger partial charge on any atom is -0.369 e. The fourth-order valence-electron chi connectivity index (χ4n) is 1.12. The molecule has 0 amide bonds. The summed E-state index contributed by atoms with van der Waals surface area (Å²) in [6.45, 7) is 5.95. The molecule has 0 saturated heterocycles. The van der Waals surface area contributed by atoms with Crippen molar-refractivity contribution < 1.29 is 0 Å².